The maximum Gasteiger partial charge on any atom is 0.227 e. The van der Waals surface area contributed by atoms with E-state index in [-0.39, 0.29) is 18.2 Å². The fraction of sp³-hybridized carbons (Fsp3) is 0.300. The summed E-state index contributed by atoms with van der Waals surface area (Å²) in [6.07, 6.45) is 1.52. The number of benzene rings is 1. The van der Waals surface area contributed by atoms with Crippen LogP contribution in [-0.2, 0) is 9.59 Å². The van der Waals surface area contributed by atoms with Crippen LogP contribution >= 0.6 is 0 Å². The van der Waals surface area contributed by atoms with Crippen LogP contribution in [0, 0.1) is 20.8 Å². The van der Waals surface area contributed by atoms with E-state index in [9.17, 15) is 9.59 Å². The van der Waals surface area contributed by atoms with E-state index in [1.165, 1.54) is 13.3 Å². The molecule has 140 valence electrons. The third kappa shape index (κ3) is 4.13. The van der Waals surface area contributed by atoms with Crippen molar-refractivity contribution in [3.63, 3.8) is 0 Å². The number of aryl methyl sites for hydroxylation is 3. The zero-order chi connectivity index (χ0) is 19.6. The number of nitrogens with zero attached hydrogens (tertiary/aromatic N) is 2. The predicted octanol–water partition coefficient (Wildman–Crippen LogP) is 3.09. The van der Waals surface area contributed by atoms with Crippen LogP contribution in [0.5, 0.6) is 0 Å². The quantitative estimate of drug-likeness (QED) is 0.647. The van der Waals surface area contributed by atoms with Crippen LogP contribution in [0.15, 0.2) is 30.6 Å². The SMILES string of the molecule is CC(=O)NC(CC(=O)Nc1ncnc2[nH]c(C)c(C)c12)c1ccc(C)cc1. The molecule has 2 amide bonds. The first-order valence-corrected chi connectivity index (χ1v) is 8.78. The molecule has 1 unspecified atom stereocenters. The number of H-pyrrole nitrogens is 1. The van der Waals surface area contributed by atoms with Gasteiger partial charge in [0, 0.05) is 12.6 Å². The van der Waals surface area contributed by atoms with E-state index in [4.69, 9.17) is 0 Å². The van der Waals surface area contributed by atoms with Crippen LogP contribution < -0.4 is 10.6 Å². The van der Waals surface area contributed by atoms with E-state index < -0.39 is 6.04 Å². The second-order valence-corrected chi connectivity index (χ2v) is 6.74. The third-order valence-electron chi connectivity index (χ3n) is 4.60. The lowest BCUT2D eigenvalue weighted by Crippen LogP contribution is -2.30. The molecule has 0 aliphatic heterocycles. The van der Waals surface area contributed by atoms with Crippen molar-refractivity contribution in [3.8, 4) is 0 Å². The molecule has 0 aliphatic carbocycles. The van der Waals surface area contributed by atoms with Gasteiger partial charge in [0.15, 0.2) is 0 Å². The lowest BCUT2D eigenvalue weighted by Gasteiger charge is -2.18. The number of hydrogen-bond donors (Lipinski definition) is 3. The van der Waals surface area contributed by atoms with Gasteiger partial charge in [-0.3, -0.25) is 9.59 Å². The molecule has 0 bridgehead atoms. The zero-order valence-electron chi connectivity index (χ0n) is 15.9. The molecule has 0 radical (unpaired) electrons. The standard InChI is InChI=1S/C20H23N5O2/c1-11-5-7-15(8-6-11)16(24-14(4)26)9-17(27)25-20-18-12(2)13(3)23-19(18)21-10-22-20/h5-8,10,16H,9H2,1-4H3,(H,24,26)(H2,21,22,23,25,27). The molecule has 0 saturated heterocycles. The molecule has 7 nitrogen and oxygen atoms in total. The average Bonchev–Trinajstić information content (AvgIpc) is 2.90. The van der Waals surface area contributed by atoms with Gasteiger partial charge in [0.2, 0.25) is 11.8 Å². The maximum absolute atomic E-state index is 12.7. The van der Waals surface area contributed by atoms with E-state index >= 15 is 0 Å². The summed E-state index contributed by atoms with van der Waals surface area (Å²) in [5.74, 6) is 0.0554. The number of anilines is 1. The Hall–Kier alpha value is -3.22. The fourth-order valence-corrected chi connectivity index (χ4v) is 3.05. The highest BCUT2D eigenvalue weighted by Crippen LogP contribution is 2.26. The molecule has 2 aromatic heterocycles. The van der Waals surface area contributed by atoms with Gasteiger partial charge in [0.05, 0.1) is 17.8 Å². The number of hydrogen-bond acceptors (Lipinski definition) is 4. The Morgan fingerprint density at radius 3 is 2.48 bits per heavy atom. The van der Waals surface area contributed by atoms with Crippen molar-refractivity contribution in [1.29, 1.82) is 0 Å². The van der Waals surface area contributed by atoms with Gasteiger partial charge in [-0.2, -0.15) is 0 Å². The summed E-state index contributed by atoms with van der Waals surface area (Å²) in [6.45, 7) is 7.34. The molecule has 0 spiro atoms. The van der Waals surface area contributed by atoms with Gasteiger partial charge in [-0.15, -0.1) is 0 Å². The summed E-state index contributed by atoms with van der Waals surface area (Å²) >= 11 is 0. The van der Waals surface area contributed by atoms with Gasteiger partial charge >= 0.3 is 0 Å². The normalized spacial score (nSPS) is 12.0. The highest BCUT2D eigenvalue weighted by molar-refractivity contribution is 6.00. The first-order valence-electron chi connectivity index (χ1n) is 8.78. The largest absolute Gasteiger partial charge is 0.349 e. The fourth-order valence-electron chi connectivity index (χ4n) is 3.05. The highest BCUT2D eigenvalue weighted by atomic mass is 16.2. The Balaban J connectivity index is 1.82. The topological polar surface area (TPSA) is 99.8 Å². The van der Waals surface area contributed by atoms with Crippen LogP contribution in [0.25, 0.3) is 11.0 Å². The molecule has 3 N–H and O–H groups in total. The van der Waals surface area contributed by atoms with Gasteiger partial charge in [-0.25, -0.2) is 9.97 Å². The van der Waals surface area contributed by atoms with E-state index in [0.717, 1.165) is 27.8 Å². The van der Waals surface area contributed by atoms with Gasteiger partial charge in [0.1, 0.15) is 17.8 Å². The molecule has 27 heavy (non-hydrogen) atoms. The van der Waals surface area contributed by atoms with Crippen molar-refractivity contribution in [2.24, 2.45) is 0 Å². The smallest absolute Gasteiger partial charge is 0.227 e. The molecule has 0 fully saturated rings. The van der Waals surface area contributed by atoms with E-state index in [1.54, 1.807) is 0 Å². The Labute approximate surface area is 157 Å². The van der Waals surface area contributed by atoms with Gasteiger partial charge in [-0.1, -0.05) is 29.8 Å². The minimum atomic E-state index is -0.408. The van der Waals surface area contributed by atoms with Crippen molar-refractivity contribution in [2.45, 2.75) is 40.2 Å². The Bertz CT molecular complexity index is 992. The van der Waals surface area contributed by atoms with Crippen molar-refractivity contribution >= 4 is 28.7 Å². The van der Waals surface area contributed by atoms with E-state index in [2.05, 4.69) is 25.6 Å². The number of amides is 2. The summed E-state index contributed by atoms with van der Waals surface area (Å²) in [6, 6.07) is 7.36. The number of carbonyl (C=O) groups excluding carboxylic acids is 2. The first kappa shape index (κ1) is 18.6. The monoisotopic (exact) mass is 365 g/mol. The number of fused-ring (bicyclic) bond motifs is 1. The minimum absolute atomic E-state index is 0.108. The van der Waals surface area contributed by atoms with Gasteiger partial charge in [-0.05, 0) is 31.9 Å². The lowest BCUT2D eigenvalue weighted by molar-refractivity contribution is -0.120. The number of aromatic amines is 1. The second kappa shape index (κ2) is 7.57. The number of aromatic nitrogens is 3. The molecular formula is C20H23N5O2. The molecule has 7 heteroatoms. The number of carbonyl (C=O) groups is 2. The molecule has 2 heterocycles. The Kier molecular flexibility index (Phi) is 5.21. The van der Waals surface area contributed by atoms with Crippen LogP contribution in [0.3, 0.4) is 0 Å². The highest BCUT2D eigenvalue weighted by Gasteiger charge is 2.19. The van der Waals surface area contributed by atoms with E-state index in [1.807, 2.05) is 45.0 Å². The van der Waals surface area contributed by atoms with Crippen LogP contribution in [0.1, 0.15) is 41.8 Å². The molecule has 3 rings (SSSR count). The average molecular weight is 365 g/mol. The van der Waals surface area contributed by atoms with Gasteiger partial charge < -0.3 is 15.6 Å². The number of nitrogens with one attached hydrogen (secondary N) is 3. The third-order valence-corrected chi connectivity index (χ3v) is 4.60. The van der Waals surface area contributed by atoms with Gasteiger partial charge in [0.25, 0.3) is 0 Å². The van der Waals surface area contributed by atoms with E-state index in [0.29, 0.717) is 11.5 Å². The van der Waals surface area contributed by atoms with Crippen molar-refractivity contribution in [2.75, 3.05) is 5.32 Å². The Morgan fingerprint density at radius 2 is 1.81 bits per heavy atom. The maximum atomic E-state index is 12.7. The van der Waals surface area contributed by atoms with Crippen molar-refractivity contribution < 1.29 is 9.59 Å². The van der Waals surface area contributed by atoms with Crippen molar-refractivity contribution in [3.05, 3.63) is 53.0 Å². The molecule has 0 saturated carbocycles. The predicted molar refractivity (Wildman–Crippen MR) is 104 cm³/mol. The Morgan fingerprint density at radius 1 is 1.11 bits per heavy atom. The first-order chi connectivity index (χ1) is 12.8. The summed E-state index contributed by atoms with van der Waals surface area (Å²) in [4.78, 5) is 35.9. The molecule has 0 aliphatic rings. The molecule has 1 atom stereocenters. The molecular weight excluding hydrogens is 342 g/mol. The summed E-state index contributed by atoms with van der Waals surface area (Å²) in [5.41, 5.74) is 4.67. The van der Waals surface area contributed by atoms with Crippen LogP contribution in [-0.4, -0.2) is 26.8 Å². The summed E-state index contributed by atoms with van der Waals surface area (Å²) in [5, 5.41) is 6.51. The lowest BCUT2D eigenvalue weighted by atomic mass is 10.0. The number of rotatable bonds is 5. The molecule has 3 aromatic rings. The second-order valence-electron chi connectivity index (χ2n) is 6.74. The molecule has 1 aromatic carbocycles. The summed E-state index contributed by atoms with van der Waals surface area (Å²) in [7, 11) is 0. The summed E-state index contributed by atoms with van der Waals surface area (Å²) < 4.78 is 0. The van der Waals surface area contributed by atoms with Crippen LogP contribution in [0.4, 0.5) is 5.82 Å². The van der Waals surface area contributed by atoms with Crippen molar-refractivity contribution in [1.82, 2.24) is 20.3 Å². The van der Waals surface area contributed by atoms with Crippen LogP contribution in [0.2, 0.25) is 0 Å². The minimum Gasteiger partial charge on any atom is -0.349 e. The zero-order valence-corrected chi connectivity index (χ0v) is 15.9.